The van der Waals surface area contributed by atoms with Crippen LogP contribution in [-0.2, 0) is 9.53 Å². The first-order valence-corrected chi connectivity index (χ1v) is 4.72. The Morgan fingerprint density at radius 3 is 2.92 bits per heavy atom. The van der Waals surface area contributed by atoms with Crippen molar-refractivity contribution in [2.45, 2.75) is 26.7 Å². The first-order valence-electron chi connectivity index (χ1n) is 4.72. The second-order valence-corrected chi connectivity index (χ2v) is 3.45. The zero-order chi connectivity index (χ0) is 9.84. The minimum atomic E-state index is -0.420. The molecule has 0 amide bonds. The van der Waals surface area contributed by atoms with Crippen LogP contribution in [-0.4, -0.2) is 17.7 Å². The number of allylic oxidation sites excluding steroid dienone is 1. The highest BCUT2D eigenvalue weighted by Crippen LogP contribution is 2.27. The third-order valence-corrected chi connectivity index (χ3v) is 2.29. The summed E-state index contributed by atoms with van der Waals surface area (Å²) in [5, 5.41) is 9.50. The van der Waals surface area contributed by atoms with Gasteiger partial charge < -0.3 is 9.84 Å². The van der Waals surface area contributed by atoms with Crippen molar-refractivity contribution in [3.05, 3.63) is 11.8 Å². The van der Waals surface area contributed by atoms with Gasteiger partial charge in [0.25, 0.3) is 0 Å². The van der Waals surface area contributed by atoms with Gasteiger partial charge in [-0.05, 0) is 31.8 Å². The van der Waals surface area contributed by atoms with Crippen LogP contribution >= 0.6 is 0 Å². The number of carbonyl (C=O) groups excluding carboxylic acids is 1. The second kappa shape index (κ2) is 4.30. The van der Waals surface area contributed by atoms with Gasteiger partial charge in [-0.2, -0.15) is 0 Å². The minimum Gasteiger partial charge on any atom is -0.512 e. The summed E-state index contributed by atoms with van der Waals surface area (Å²) in [5.41, 5.74) is 0. The maximum Gasteiger partial charge on any atom is 0.316 e. The van der Waals surface area contributed by atoms with Crippen LogP contribution in [0.4, 0.5) is 0 Å². The van der Waals surface area contributed by atoms with Gasteiger partial charge in [-0.1, -0.05) is 6.92 Å². The van der Waals surface area contributed by atoms with Crippen LogP contribution in [0.5, 0.6) is 0 Å². The summed E-state index contributed by atoms with van der Waals surface area (Å²) in [4.78, 5) is 11.3. The molecule has 0 bridgehead atoms. The largest absolute Gasteiger partial charge is 0.512 e. The van der Waals surface area contributed by atoms with Crippen molar-refractivity contribution in [1.29, 1.82) is 0 Å². The summed E-state index contributed by atoms with van der Waals surface area (Å²) in [7, 11) is 0. The summed E-state index contributed by atoms with van der Waals surface area (Å²) in [6, 6.07) is 0. The lowest BCUT2D eigenvalue weighted by Gasteiger charge is -2.21. The number of carbonyl (C=O) groups is 1. The molecule has 2 unspecified atom stereocenters. The predicted molar refractivity (Wildman–Crippen MR) is 49.2 cm³/mol. The van der Waals surface area contributed by atoms with E-state index in [1.54, 1.807) is 13.0 Å². The van der Waals surface area contributed by atoms with E-state index in [0.717, 1.165) is 6.42 Å². The molecule has 1 aliphatic carbocycles. The Labute approximate surface area is 78.4 Å². The fourth-order valence-electron chi connectivity index (χ4n) is 1.55. The van der Waals surface area contributed by atoms with Crippen LogP contribution in [0.1, 0.15) is 26.7 Å². The minimum absolute atomic E-state index is 0.178. The van der Waals surface area contributed by atoms with Gasteiger partial charge in [-0.15, -0.1) is 0 Å². The Balaban J connectivity index is 2.61. The fourth-order valence-corrected chi connectivity index (χ4v) is 1.55. The molecule has 0 heterocycles. The standard InChI is InChI=1S/C10H16O3/c1-3-13-10(12)8-5-4-7(2)6-9(8)11/h6-8,11H,3-5H2,1-2H3. The van der Waals surface area contributed by atoms with E-state index in [4.69, 9.17) is 4.74 Å². The van der Waals surface area contributed by atoms with Crippen molar-refractivity contribution in [2.75, 3.05) is 6.61 Å². The van der Waals surface area contributed by atoms with Crippen LogP contribution in [0.2, 0.25) is 0 Å². The molecule has 74 valence electrons. The summed E-state index contributed by atoms with van der Waals surface area (Å²) < 4.78 is 4.85. The van der Waals surface area contributed by atoms with Gasteiger partial charge in [0.05, 0.1) is 6.61 Å². The fraction of sp³-hybridized carbons (Fsp3) is 0.700. The summed E-state index contributed by atoms with van der Waals surface area (Å²) in [6.07, 6.45) is 3.38. The normalized spacial score (nSPS) is 28.0. The van der Waals surface area contributed by atoms with Gasteiger partial charge in [0.2, 0.25) is 0 Å². The number of rotatable bonds is 2. The maximum absolute atomic E-state index is 11.3. The SMILES string of the molecule is CCOC(=O)C1CCC(C)C=C1O. The smallest absolute Gasteiger partial charge is 0.316 e. The van der Waals surface area contributed by atoms with Crippen molar-refractivity contribution in [2.24, 2.45) is 11.8 Å². The Morgan fingerprint density at radius 1 is 1.69 bits per heavy atom. The van der Waals surface area contributed by atoms with Crippen LogP contribution in [0.3, 0.4) is 0 Å². The molecular formula is C10H16O3. The number of aliphatic hydroxyl groups excluding tert-OH is 1. The van der Waals surface area contributed by atoms with E-state index in [-0.39, 0.29) is 11.7 Å². The highest BCUT2D eigenvalue weighted by molar-refractivity contribution is 5.75. The Hall–Kier alpha value is -0.990. The quantitative estimate of drug-likeness (QED) is 0.668. The maximum atomic E-state index is 11.3. The molecule has 3 nitrogen and oxygen atoms in total. The molecule has 13 heavy (non-hydrogen) atoms. The Kier molecular flexibility index (Phi) is 3.34. The number of hydrogen-bond donors (Lipinski definition) is 1. The highest BCUT2D eigenvalue weighted by atomic mass is 16.5. The Morgan fingerprint density at radius 2 is 2.38 bits per heavy atom. The van der Waals surface area contributed by atoms with E-state index in [1.807, 2.05) is 6.92 Å². The lowest BCUT2D eigenvalue weighted by Crippen LogP contribution is -2.23. The molecule has 2 atom stereocenters. The van der Waals surface area contributed by atoms with Crippen LogP contribution in [0.25, 0.3) is 0 Å². The number of hydrogen-bond acceptors (Lipinski definition) is 3. The lowest BCUT2D eigenvalue weighted by molar-refractivity contribution is -0.148. The van der Waals surface area contributed by atoms with Gasteiger partial charge in [0.1, 0.15) is 11.7 Å². The molecule has 0 radical (unpaired) electrons. The van der Waals surface area contributed by atoms with Crippen molar-refractivity contribution < 1.29 is 14.6 Å². The molecule has 0 aromatic heterocycles. The average Bonchev–Trinajstić information content (AvgIpc) is 2.04. The van der Waals surface area contributed by atoms with Gasteiger partial charge >= 0.3 is 5.97 Å². The topological polar surface area (TPSA) is 46.5 Å². The third-order valence-electron chi connectivity index (χ3n) is 2.29. The third kappa shape index (κ3) is 2.47. The molecular weight excluding hydrogens is 168 g/mol. The molecule has 0 aliphatic heterocycles. The van der Waals surface area contributed by atoms with Gasteiger partial charge in [-0.25, -0.2) is 0 Å². The Bertz CT molecular complexity index is 220. The van der Waals surface area contributed by atoms with Gasteiger partial charge in [0.15, 0.2) is 0 Å². The number of esters is 1. The monoisotopic (exact) mass is 184 g/mol. The van der Waals surface area contributed by atoms with Gasteiger partial charge in [-0.3, -0.25) is 4.79 Å². The first kappa shape index (κ1) is 10.1. The summed E-state index contributed by atoms with van der Waals surface area (Å²) in [6.45, 7) is 4.17. The predicted octanol–water partition coefficient (Wildman–Crippen LogP) is 2.04. The van der Waals surface area contributed by atoms with Crippen LogP contribution < -0.4 is 0 Å². The van der Waals surface area contributed by atoms with E-state index >= 15 is 0 Å². The molecule has 0 fully saturated rings. The lowest BCUT2D eigenvalue weighted by atomic mass is 9.88. The van der Waals surface area contributed by atoms with Crippen LogP contribution in [0.15, 0.2) is 11.8 Å². The van der Waals surface area contributed by atoms with E-state index in [1.165, 1.54) is 0 Å². The molecule has 3 heteroatoms. The molecule has 0 aromatic carbocycles. The van der Waals surface area contributed by atoms with Crippen molar-refractivity contribution in [1.82, 2.24) is 0 Å². The molecule has 0 saturated carbocycles. The van der Waals surface area contributed by atoms with E-state index < -0.39 is 5.92 Å². The zero-order valence-electron chi connectivity index (χ0n) is 8.12. The van der Waals surface area contributed by atoms with Crippen molar-refractivity contribution in [3.8, 4) is 0 Å². The second-order valence-electron chi connectivity index (χ2n) is 3.45. The molecule has 0 spiro atoms. The van der Waals surface area contributed by atoms with E-state index in [2.05, 4.69) is 0 Å². The number of ether oxygens (including phenoxy) is 1. The van der Waals surface area contributed by atoms with E-state index in [9.17, 15) is 9.90 Å². The first-order chi connectivity index (χ1) is 6.15. The van der Waals surface area contributed by atoms with E-state index in [0.29, 0.717) is 18.9 Å². The zero-order valence-corrected chi connectivity index (χ0v) is 8.12. The molecule has 0 aromatic rings. The van der Waals surface area contributed by atoms with Crippen molar-refractivity contribution in [3.63, 3.8) is 0 Å². The van der Waals surface area contributed by atoms with Gasteiger partial charge in [0, 0.05) is 0 Å². The molecule has 1 N–H and O–H groups in total. The number of aliphatic hydroxyl groups is 1. The molecule has 0 saturated heterocycles. The molecule has 1 aliphatic rings. The molecule has 1 rings (SSSR count). The highest BCUT2D eigenvalue weighted by Gasteiger charge is 2.27. The van der Waals surface area contributed by atoms with Crippen LogP contribution in [0, 0.1) is 11.8 Å². The summed E-state index contributed by atoms with van der Waals surface area (Å²) >= 11 is 0. The summed E-state index contributed by atoms with van der Waals surface area (Å²) in [5.74, 6) is -0.179. The van der Waals surface area contributed by atoms with Crippen molar-refractivity contribution >= 4 is 5.97 Å². The average molecular weight is 184 g/mol.